The summed E-state index contributed by atoms with van der Waals surface area (Å²) in [7, 11) is 0. The first kappa shape index (κ1) is 30.5. The highest BCUT2D eigenvalue weighted by Gasteiger charge is 2.21. The van der Waals surface area contributed by atoms with Crippen LogP contribution in [0.4, 0.5) is 21.0 Å². The third-order valence-electron chi connectivity index (χ3n) is 6.32. The average molecular weight is 635 g/mol. The highest BCUT2D eigenvalue weighted by Crippen LogP contribution is 2.23. The summed E-state index contributed by atoms with van der Waals surface area (Å²) in [6, 6.07) is 24.5. The van der Waals surface area contributed by atoms with Gasteiger partial charge in [-0.2, -0.15) is 0 Å². The number of amides is 3. The zero-order valence-electron chi connectivity index (χ0n) is 23.4. The fraction of sp³-hybridized carbons (Fsp3) is 0.250. The summed E-state index contributed by atoms with van der Waals surface area (Å²) in [6.07, 6.45) is 3.93. The molecule has 1 aromatic heterocycles. The molecule has 0 fully saturated rings. The lowest BCUT2D eigenvalue weighted by atomic mass is 10.1. The van der Waals surface area contributed by atoms with Gasteiger partial charge >= 0.3 is 12.2 Å². The van der Waals surface area contributed by atoms with E-state index in [4.69, 9.17) is 9.47 Å². The number of anilines is 2. The Hall–Kier alpha value is -4.44. The van der Waals surface area contributed by atoms with Gasteiger partial charge in [0.25, 0.3) is 5.91 Å². The quantitative estimate of drug-likeness (QED) is 0.141. The minimum absolute atomic E-state index is 0.0212. The highest BCUT2D eigenvalue weighted by molar-refractivity contribution is 9.10. The number of hydrogen-bond donors (Lipinski definition) is 2. The van der Waals surface area contributed by atoms with Crippen molar-refractivity contribution < 1.29 is 28.4 Å². The van der Waals surface area contributed by atoms with Crippen LogP contribution >= 0.6 is 15.9 Å². The van der Waals surface area contributed by atoms with Crippen molar-refractivity contribution in [3.8, 4) is 0 Å². The van der Waals surface area contributed by atoms with Gasteiger partial charge in [0.2, 0.25) is 0 Å². The molecular weight excluding hydrogens is 600 g/mol. The minimum atomic E-state index is -0.627. The molecular formula is C32H34BrN4O5+. The van der Waals surface area contributed by atoms with Crippen LogP contribution in [0.25, 0.3) is 10.8 Å². The molecule has 0 saturated carbocycles. The second-order valence-corrected chi connectivity index (χ2v) is 10.4. The Bertz CT molecular complexity index is 1510. The number of benzene rings is 3. The van der Waals surface area contributed by atoms with Crippen LogP contribution in [0.3, 0.4) is 0 Å². The molecule has 3 aromatic carbocycles. The second kappa shape index (κ2) is 15.5. The first-order chi connectivity index (χ1) is 20.4. The van der Waals surface area contributed by atoms with Gasteiger partial charge in [0.15, 0.2) is 12.4 Å². The molecule has 0 unspecified atom stereocenters. The van der Waals surface area contributed by atoms with E-state index in [1.165, 1.54) is 0 Å². The van der Waals surface area contributed by atoms with Crippen LogP contribution < -0.4 is 20.1 Å². The molecule has 0 aliphatic rings. The maximum absolute atomic E-state index is 13.5. The van der Waals surface area contributed by atoms with Crippen LogP contribution in [0.15, 0.2) is 95.7 Å². The van der Waals surface area contributed by atoms with Gasteiger partial charge in [-0.15, -0.1) is 0 Å². The number of carbonyl (C=O) groups excluding carboxylic acids is 3. The molecule has 0 atom stereocenters. The van der Waals surface area contributed by atoms with Crippen molar-refractivity contribution in [1.29, 1.82) is 0 Å². The van der Waals surface area contributed by atoms with Gasteiger partial charge in [0.05, 0.1) is 23.3 Å². The van der Waals surface area contributed by atoms with Gasteiger partial charge in [-0.25, -0.2) is 14.2 Å². The number of ether oxygens (including phenoxy) is 2. The fourth-order valence-corrected chi connectivity index (χ4v) is 4.94. The Kier molecular flexibility index (Phi) is 11.3. The third-order valence-corrected chi connectivity index (χ3v) is 6.75. The lowest BCUT2D eigenvalue weighted by molar-refractivity contribution is -0.697. The van der Waals surface area contributed by atoms with E-state index >= 15 is 0 Å². The molecule has 0 bridgehead atoms. The smallest absolute Gasteiger partial charge is 0.411 e. The number of fused-ring (bicyclic) bond motifs is 1. The molecule has 218 valence electrons. The summed E-state index contributed by atoms with van der Waals surface area (Å²) in [5.74, 6) is -0.143. The number of halogens is 1. The highest BCUT2D eigenvalue weighted by atomic mass is 79.9. The Morgan fingerprint density at radius 1 is 0.881 bits per heavy atom. The van der Waals surface area contributed by atoms with Gasteiger partial charge in [-0.1, -0.05) is 61.5 Å². The number of nitrogens with one attached hydrogen (secondary N) is 2. The van der Waals surface area contributed by atoms with Crippen molar-refractivity contribution >= 4 is 56.2 Å². The lowest BCUT2D eigenvalue weighted by Crippen LogP contribution is -2.38. The summed E-state index contributed by atoms with van der Waals surface area (Å²) < 4.78 is 13.3. The van der Waals surface area contributed by atoms with E-state index in [-0.39, 0.29) is 25.7 Å². The summed E-state index contributed by atoms with van der Waals surface area (Å²) in [4.78, 5) is 39.6. The van der Waals surface area contributed by atoms with Crippen LogP contribution in [0, 0.1) is 0 Å². The second-order valence-electron chi connectivity index (χ2n) is 9.48. The van der Waals surface area contributed by atoms with Crippen LogP contribution in [0.1, 0.15) is 30.1 Å². The first-order valence-electron chi connectivity index (χ1n) is 13.8. The maximum Gasteiger partial charge on any atom is 0.411 e. The van der Waals surface area contributed by atoms with Crippen LogP contribution in [0.5, 0.6) is 0 Å². The summed E-state index contributed by atoms with van der Waals surface area (Å²) in [5, 5.41) is 7.21. The molecule has 0 radical (unpaired) electrons. The zero-order valence-corrected chi connectivity index (χ0v) is 25.0. The number of aryl methyl sites for hydroxylation is 1. The Morgan fingerprint density at radius 3 is 2.43 bits per heavy atom. The summed E-state index contributed by atoms with van der Waals surface area (Å²) >= 11 is 3.51. The standard InChI is InChI=1S/C32H33BrN4O5/c1-2-17-36-22-25(21-26(33)23-36)30(38)37(27-12-4-3-5-13-27)18-9-19-41-31(39)34-16-20-42-32(40)35-29-15-8-11-24-10-6-7-14-28(24)29/h3-8,10-15,21-23H,2,9,16-20H2,1H3,(H-,34,35,39,40)/p+1. The number of rotatable bonds is 12. The van der Waals surface area contributed by atoms with Crippen molar-refractivity contribution in [2.45, 2.75) is 26.3 Å². The lowest BCUT2D eigenvalue weighted by Gasteiger charge is -2.22. The van der Waals surface area contributed by atoms with E-state index in [1.807, 2.05) is 83.7 Å². The molecule has 1 heterocycles. The minimum Gasteiger partial charge on any atom is -0.449 e. The predicted molar refractivity (Wildman–Crippen MR) is 166 cm³/mol. The van der Waals surface area contributed by atoms with Crippen molar-refractivity contribution in [1.82, 2.24) is 5.32 Å². The van der Waals surface area contributed by atoms with E-state index in [9.17, 15) is 14.4 Å². The topological polar surface area (TPSA) is 101 Å². The monoisotopic (exact) mass is 633 g/mol. The van der Waals surface area contributed by atoms with Gasteiger partial charge in [-0.05, 0) is 52.0 Å². The third kappa shape index (κ3) is 8.78. The average Bonchev–Trinajstić information content (AvgIpc) is 2.99. The molecule has 42 heavy (non-hydrogen) atoms. The zero-order chi connectivity index (χ0) is 29.7. The number of carbonyl (C=O) groups is 3. The maximum atomic E-state index is 13.5. The molecule has 4 rings (SSSR count). The Labute approximate surface area is 253 Å². The predicted octanol–water partition coefficient (Wildman–Crippen LogP) is 6.31. The van der Waals surface area contributed by atoms with Gasteiger partial charge < -0.3 is 19.7 Å². The number of aromatic nitrogens is 1. The van der Waals surface area contributed by atoms with Crippen molar-refractivity contribution in [3.05, 3.63) is 101 Å². The molecule has 0 saturated heterocycles. The number of nitrogens with zero attached hydrogens (tertiary/aromatic N) is 2. The molecule has 0 aliphatic carbocycles. The van der Waals surface area contributed by atoms with Gasteiger partial charge in [0.1, 0.15) is 18.7 Å². The SMILES string of the molecule is CCC[n+]1cc(Br)cc(C(=O)N(CCCOC(=O)NCCOC(=O)Nc2cccc3ccccc23)c2ccccc2)c1. The molecule has 0 aliphatic heterocycles. The molecule has 9 nitrogen and oxygen atoms in total. The summed E-state index contributed by atoms with van der Waals surface area (Å²) in [6.45, 7) is 3.42. The fourth-order valence-electron chi connectivity index (χ4n) is 4.43. The van der Waals surface area contributed by atoms with E-state index in [1.54, 1.807) is 17.0 Å². The van der Waals surface area contributed by atoms with E-state index < -0.39 is 12.2 Å². The number of alkyl carbamates (subject to hydrolysis) is 1. The van der Waals surface area contributed by atoms with Crippen LogP contribution in [0.2, 0.25) is 0 Å². The molecule has 10 heteroatoms. The number of hydrogen-bond acceptors (Lipinski definition) is 5. The number of para-hydroxylation sites is 1. The number of pyridine rings is 1. The Balaban J connectivity index is 1.21. The van der Waals surface area contributed by atoms with Crippen LogP contribution in [-0.2, 0) is 16.0 Å². The normalized spacial score (nSPS) is 10.6. The van der Waals surface area contributed by atoms with E-state index in [2.05, 4.69) is 33.5 Å². The van der Waals surface area contributed by atoms with Crippen molar-refractivity contribution in [3.63, 3.8) is 0 Å². The summed E-state index contributed by atoms with van der Waals surface area (Å²) in [5.41, 5.74) is 1.96. The molecule has 2 N–H and O–H groups in total. The van der Waals surface area contributed by atoms with E-state index in [0.717, 1.165) is 33.9 Å². The molecule has 0 spiro atoms. The first-order valence-corrected chi connectivity index (χ1v) is 14.6. The molecule has 4 aromatic rings. The largest absolute Gasteiger partial charge is 0.449 e. The Morgan fingerprint density at radius 2 is 1.62 bits per heavy atom. The molecule has 3 amide bonds. The van der Waals surface area contributed by atoms with Crippen LogP contribution in [-0.4, -0.2) is 44.4 Å². The van der Waals surface area contributed by atoms with Gasteiger partial charge in [0, 0.05) is 24.0 Å². The van der Waals surface area contributed by atoms with Crippen molar-refractivity contribution in [2.24, 2.45) is 0 Å². The van der Waals surface area contributed by atoms with E-state index in [0.29, 0.717) is 24.2 Å². The van der Waals surface area contributed by atoms with Gasteiger partial charge in [-0.3, -0.25) is 10.1 Å². The van der Waals surface area contributed by atoms with Crippen molar-refractivity contribution in [2.75, 3.05) is 36.5 Å².